The van der Waals surface area contributed by atoms with Gasteiger partial charge in [-0.15, -0.1) is 0 Å². The van der Waals surface area contributed by atoms with Gasteiger partial charge in [-0.2, -0.15) is 0 Å². The van der Waals surface area contributed by atoms with E-state index in [0.29, 0.717) is 0 Å². The molecule has 0 fully saturated rings. The Kier molecular flexibility index (Phi) is 43.0. The van der Waals surface area contributed by atoms with Gasteiger partial charge in [0.15, 0.2) is 0 Å². The molecule has 46 heavy (non-hydrogen) atoms. The molecule has 0 amide bonds. The van der Waals surface area contributed by atoms with Gasteiger partial charge in [-0.05, 0) is 5.92 Å². The Labute approximate surface area is 295 Å². The minimum Gasteiger partial charge on any atom is -0.0654 e. The maximum Gasteiger partial charge on any atom is -0.0414 e. The molecule has 0 aromatic carbocycles. The van der Waals surface area contributed by atoms with E-state index in [4.69, 9.17) is 0 Å². The minimum atomic E-state index is 1.03. The molecule has 1 atom stereocenters. The summed E-state index contributed by atoms with van der Waals surface area (Å²) in [4.78, 5) is 0. The van der Waals surface area contributed by atoms with E-state index in [0.717, 1.165) is 5.92 Å². The van der Waals surface area contributed by atoms with E-state index in [1.165, 1.54) is 270 Å². The zero-order valence-electron chi connectivity index (χ0n) is 33.3. The summed E-state index contributed by atoms with van der Waals surface area (Å²) in [6.07, 6.45) is 62.3. The second kappa shape index (κ2) is 43.0. The maximum absolute atomic E-state index is 2.38. The number of rotatable bonds is 42. The summed E-state index contributed by atoms with van der Waals surface area (Å²) in [7, 11) is 0. The van der Waals surface area contributed by atoms with Gasteiger partial charge in [-0.1, -0.05) is 290 Å². The van der Waals surface area contributed by atoms with Crippen molar-refractivity contribution in [2.75, 3.05) is 0 Å². The third-order valence-electron chi connectivity index (χ3n) is 11.1. The van der Waals surface area contributed by atoms with Crippen molar-refractivity contribution in [3.8, 4) is 0 Å². The Morgan fingerprint density at radius 3 is 0.522 bits per heavy atom. The van der Waals surface area contributed by atoms with Crippen LogP contribution in [0.4, 0.5) is 0 Å². The van der Waals surface area contributed by atoms with Gasteiger partial charge in [-0.3, -0.25) is 0 Å². The standard InChI is InChI=1S/C46H94/c1-4-7-10-12-14-16-18-20-22-24-25-26-27-28-30-32-34-36-38-40-42-45-46(43-9-6-3)44-41-39-37-35-33-31-29-23-21-19-17-15-13-11-8-5-2/h46H,4-45H2,1-3H3. The summed E-state index contributed by atoms with van der Waals surface area (Å²) < 4.78 is 0. The number of hydrogen-bond acceptors (Lipinski definition) is 0. The van der Waals surface area contributed by atoms with Crippen molar-refractivity contribution in [3.63, 3.8) is 0 Å². The summed E-state index contributed by atoms with van der Waals surface area (Å²) in [6, 6.07) is 0. The number of unbranched alkanes of at least 4 members (excludes halogenated alkanes) is 36. The highest BCUT2D eigenvalue weighted by Crippen LogP contribution is 2.24. The molecular weight excluding hydrogens is 553 g/mol. The molecule has 0 aromatic heterocycles. The van der Waals surface area contributed by atoms with Crippen molar-refractivity contribution < 1.29 is 0 Å². The molecule has 278 valence electrons. The van der Waals surface area contributed by atoms with Gasteiger partial charge in [0.25, 0.3) is 0 Å². The van der Waals surface area contributed by atoms with E-state index in [1.54, 1.807) is 0 Å². The molecule has 0 saturated carbocycles. The first-order chi connectivity index (χ1) is 22.8. The Balaban J connectivity index is 3.41. The van der Waals surface area contributed by atoms with Gasteiger partial charge in [-0.25, -0.2) is 0 Å². The minimum absolute atomic E-state index is 1.03. The summed E-state index contributed by atoms with van der Waals surface area (Å²) in [6.45, 7) is 7.01. The molecule has 0 N–H and O–H groups in total. The third kappa shape index (κ3) is 40.2. The third-order valence-corrected chi connectivity index (χ3v) is 11.1. The van der Waals surface area contributed by atoms with Crippen molar-refractivity contribution in [2.45, 2.75) is 290 Å². The topological polar surface area (TPSA) is 0 Å². The first kappa shape index (κ1) is 46.0. The predicted molar refractivity (Wildman–Crippen MR) is 214 cm³/mol. The van der Waals surface area contributed by atoms with Crippen molar-refractivity contribution in [1.29, 1.82) is 0 Å². The van der Waals surface area contributed by atoms with Crippen molar-refractivity contribution >= 4 is 0 Å². The van der Waals surface area contributed by atoms with E-state index in [9.17, 15) is 0 Å². The van der Waals surface area contributed by atoms with Crippen LogP contribution in [0, 0.1) is 5.92 Å². The zero-order valence-corrected chi connectivity index (χ0v) is 33.3. The zero-order chi connectivity index (χ0) is 33.3. The molecule has 0 nitrogen and oxygen atoms in total. The van der Waals surface area contributed by atoms with Crippen LogP contribution in [0.25, 0.3) is 0 Å². The molecule has 0 aromatic rings. The Morgan fingerprint density at radius 2 is 0.326 bits per heavy atom. The lowest BCUT2D eigenvalue weighted by atomic mass is 9.90. The van der Waals surface area contributed by atoms with Crippen molar-refractivity contribution in [3.05, 3.63) is 0 Å². The molecule has 0 saturated heterocycles. The van der Waals surface area contributed by atoms with Crippen molar-refractivity contribution in [2.24, 2.45) is 5.92 Å². The van der Waals surface area contributed by atoms with Crippen LogP contribution in [-0.4, -0.2) is 0 Å². The highest BCUT2D eigenvalue weighted by Gasteiger charge is 2.08. The summed E-state index contributed by atoms with van der Waals surface area (Å²) in [5.41, 5.74) is 0. The van der Waals surface area contributed by atoms with Gasteiger partial charge >= 0.3 is 0 Å². The van der Waals surface area contributed by atoms with E-state index in [1.807, 2.05) is 0 Å². The molecule has 1 unspecified atom stereocenters. The Hall–Kier alpha value is 0. The smallest absolute Gasteiger partial charge is 0.0414 e. The van der Waals surface area contributed by atoms with Crippen molar-refractivity contribution in [1.82, 2.24) is 0 Å². The highest BCUT2D eigenvalue weighted by molar-refractivity contribution is 4.62. The molecule has 0 radical (unpaired) electrons. The first-order valence-electron chi connectivity index (χ1n) is 22.8. The molecule has 0 bridgehead atoms. The fourth-order valence-electron chi connectivity index (χ4n) is 7.77. The van der Waals surface area contributed by atoms with Crippen LogP contribution in [0.1, 0.15) is 290 Å². The van der Waals surface area contributed by atoms with Gasteiger partial charge < -0.3 is 0 Å². The van der Waals surface area contributed by atoms with Gasteiger partial charge in [0.2, 0.25) is 0 Å². The van der Waals surface area contributed by atoms with Crippen LogP contribution >= 0.6 is 0 Å². The molecular formula is C46H94. The molecule has 0 aliphatic rings. The maximum atomic E-state index is 2.38. The molecule has 0 heterocycles. The lowest BCUT2D eigenvalue weighted by molar-refractivity contribution is 0.370. The van der Waals surface area contributed by atoms with Crippen LogP contribution in [0.15, 0.2) is 0 Å². The Bertz CT molecular complexity index is 494. The SMILES string of the molecule is CCCCCCCCCCCCCCCCCCCCCCCC(CCCC)CCCCCCCCCCCCCCCCCC. The van der Waals surface area contributed by atoms with E-state index in [-0.39, 0.29) is 0 Å². The Morgan fingerprint density at radius 1 is 0.174 bits per heavy atom. The monoisotopic (exact) mass is 647 g/mol. The average molecular weight is 647 g/mol. The van der Waals surface area contributed by atoms with Gasteiger partial charge in [0.05, 0.1) is 0 Å². The summed E-state index contributed by atoms with van der Waals surface area (Å²) in [5.74, 6) is 1.03. The molecule has 0 heteroatoms. The molecule has 0 aliphatic carbocycles. The lowest BCUT2D eigenvalue weighted by Gasteiger charge is -2.16. The van der Waals surface area contributed by atoms with E-state index >= 15 is 0 Å². The molecule has 0 rings (SSSR count). The van der Waals surface area contributed by atoms with Crippen LogP contribution in [-0.2, 0) is 0 Å². The second-order valence-corrected chi connectivity index (χ2v) is 16.0. The fraction of sp³-hybridized carbons (Fsp3) is 1.00. The van der Waals surface area contributed by atoms with E-state index < -0.39 is 0 Å². The average Bonchev–Trinajstić information content (AvgIpc) is 3.07. The normalized spacial score (nSPS) is 12.3. The summed E-state index contributed by atoms with van der Waals surface area (Å²) >= 11 is 0. The predicted octanol–water partition coefficient (Wildman–Crippen LogP) is 18.0. The quantitative estimate of drug-likeness (QED) is 0.0579. The van der Waals surface area contributed by atoms with Crippen LogP contribution in [0.2, 0.25) is 0 Å². The van der Waals surface area contributed by atoms with Crippen LogP contribution in [0.3, 0.4) is 0 Å². The van der Waals surface area contributed by atoms with Crippen LogP contribution < -0.4 is 0 Å². The molecule has 0 aliphatic heterocycles. The fourth-order valence-corrected chi connectivity index (χ4v) is 7.77. The highest BCUT2D eigenvalue weighted by atomic mass is 14.1. The van der Waals surface area contributed by atoms with E-state index in [2.05, 4.69) is 20.8 Å². The van der Waals surface area contributed by atoms with Gasteiger partial charge in [0, 0.05) is 0 Å². The second-order valence-electron chi connectivity index (χ2n) is 16.0. The van der Waals surface area contributed by atoms with Gasteiger partial charge in [0.1, 0.15) is 0 Å². The first-order valence-corrected chi connectivity index (χ1v) is 22.8. The summed E-state index contributed by atoms with van der Waals surface area (Å²) in [5, 5.41) is 0. The largest absolute Gasteiger partial charge is 0.0654 e. The lowest BCUT2D eigenvalue weighted by Crippen LogP contribution is -2.01. The number of hydrogen-bond donors (Lipinski definition) is 0. The van der Waals surface area contributed by atoms with Crippen LogP contribution in [0.5, 0.6) is 0 Å². The molecule has 0 spiro atoms.